The average molecular weight is 260 g/mol. The highest BCUT2D eigenvalue weighted by Crippen LogP contribution is 2.17. The maximum atomic E-state index is 11.9. The highest BCUT2D eigenvalue weighted by atomic mass is 32.2. The Morgan fingerprint density at radius 3 is 3.06 bits per heavy atom. The lowest BCUT2D eigenvalue weighted by molar-refractivity contribution is 0.404. The smallest absolute Gasteiger partial charge is 0.155 e. The number of aromatic nitrogens is 1. The van der Waals surface area contributed by atoms with Crippen molar-refractivity contribution in [2.24, 2.45) is 5.92 Å². The van der Waals surface area contributed by atoms with Gasteiger partial charge in [0.25, 0.3) is 0 Å². The van der Waals surface area contributed by atoms with E-state index < -0.39 is 9.84 Å². The van der Waals surface area contributed by atoms with Crippen LogP contribution in [-0.4, -0.2) is 32.2 Å². The summed E-state index contributed by atoms with van der Waals surface area (Å²) in [5.41, 5.74) is 1.67. The molecule has 0 radical (unpaired) electrons. The lowest BCUT2D eigenvalue weighted by Crippen LogP contribution is -2.34. The predicted molar refractivity (Wildman–Crippen MR) is 65.2 cm³/mol. The Balaban J connectivity index is 1.92. The molecule has 1 saturated heterocycles. The van der Waals surface area contributed by atoms with Gasteiger partial charge in [-0.2, -0.15) is 0 Å². The topological polar surface area (TPSA) is 59.1 Å². The summed E-state index contributed by atoms with van der Waals surface area (Å²) in [6, 6.07) is 0. The van der Waals surface area contributed by atoms with E-state index in [9.17, 15) is 8.42 Å². The molecule has 90 valence electrons. The fourth-order valence-electron chi connectivity index (χ4n) is 2.01. The van der Waals surface area contributed by atoms with Gasteiger partial charge in [0.1, 0.15) is 0 Å². The molecule has 2 heterocycles. The van der Waals surface area contributed by atoms with E-state index in [1.54, 1.807) is 11.7 Å². The van der Waals surface area contributed by atoms with Crippen LogP contribution in [-0.2, 0) is 15.6 Å². The number of piperidine rings is 1. The van der Waals surface area contributed by atoms with Gasteiger partial charge in [0.05, 0.1) is 17.0 Å². The van der Waals surface area contributed by atoms with Crippen LogP contribution >= 0.6 is 11.3 Å². The lowest BCUT2D eigenvalue weighted by Gasteiger charge is -2.22. The molecule has 0 unspecified atom stereocenters. The highest BCUT2D eigenvalue weighted by molar-refractivity contribution is 7.90. The minimum atomic E-state index is -2.97. The predicted octanol–water partition coefficient (Wildman–Crippen LogP) is 1.06. The Hall–Kier alpha value is -0.460. The van der Waals surface area contributed by atoms with E-state index in [-0.39, 0.29) is 11.7 Å². The molecule has 0 spiro atoms. The zero-order chi connectivity index (χ0) is 11.4. The van der Waals surface area contributed by atoms with Gasteiger partial charge in [0, 0.05) is 11.1 Å². The lowest BCUT2D eigenvalue weighted by atomic mass is 10.0. The van der Waals surface area contributed by atoms with Gasteiger partial charge in [0.2, 0.25) is 0 Å². The van der Waals surface area contributed by atoms with E-state index in [0.29, 0.717) is 5.75 Å². The molecule has 0 aliphatic carbocycles. The van der Waals surface area contributed by atoms with Crippen molar-refractivity contribution in [3.05, 3.63) is 16.6 Å². The molecular formula is C10H16N2O2S2. The summed E-state index contributed by atoms with van der Waals surface area (Å²) in [7, 11) is -2.97. The fraction of sp³-hybridized carbons (Fsp3) is 0.700. The molecule has 1 aliphatic rings. The summed E-state index contributed by atoms with van der Waals surface area (Å²) in [6.45, 7) is 1.85. The van der Waals surface area contributed by atoms with E-state index in [1.807, 2.05) is 0 Å². The summed E-state index contributed by atoms with van der Waals surface area (Å²) < 4.78 is 23.8. The summed E-state index contributed by atoms with van der Waals surface area (Å²) in [6.07, 6.45) is 3.75. The summed E-state index contributed by atoms with van der Waals surface area (Å²) in [5.74, 6) is 0.734. The van der Waals surface area contributed by atoms with Gasteiger partial charge in [-0.05, 0) is 31.8 Å². The number of thiazole rings is 1. The third-order valence-corrected chi connectivity index (χ3v) is 5.43. The number of hydrogen-bond acceptors (Lipinski definition) is 5. The van der Waals surface area contributed by atoms with E-state index in [0.717, 1.165) is 30.8 Å². The van der Waals surface area contributed by atoms with Crippen LogP contribution in [0.1, 0.15) is 17.7 Å². The zero-order valence-corrected chi connectivity index (χ0v) is 10.7. The molecule has 1 atom stereocenters. The molecule has 16 heavy (non-hydrogen) atoms. The van der Waals surface area contributed by atoms with Crippen LogP contribution in [0, 0.1) is 5.92 Å². The van der Waals surface area contributed by atoms with Crippen LogP contribution < -0.4 is 5.32 Å². The van der Waals surface area contributed by atoms with Gasteiger partial charge in [-0.15, -0.1) is 11.3 Å². The van der Waals surface area contributed by atoms with Gasteiger partial charge >= 0.3 is 0 Å². The molecule has 1 fully saturated rings. The SMILES string of the molecule is O=S(=O)(Cc1cncs1)C[C@@H]1CCCNC1. The molecule has 1 aliphatic heterocycles. The van der Waals surface area contributed by atoms with E-state index in [4.69, 9.17) is 0 Å². The van der Waals surface area contributed by atoms with Gasteiger partial charge < -0.3 is 5.32 Å². The van der Waals surface area contributed by atoms with E-state index in [2.05, 4.69) is 10.3 Å². The Morgan fingerprint density at radius 1 is 1.56 bits per heavy atom. The zero-order valence-electron chi connectivity index (χ0n) is 9.05. The van der Waals surface area contributed by atoms with Crippen molar-refractivity contribution in [2.45, 2.75) is 18.6 Å². The van der Waals surface area contributed by atoms with Crippen molar-refractivity contribution in [2.75, 3.05) is 18.8 Å². The molecule has 0 amide bonds. The molecule has 2 rings (SSSR count). The second-order valence-electron chi connectivity index (χ2n) is 4.23. The quantitative estimate of drug-likeness (QED) is 0.879. The van der Waals surface area contributed by atoms with Crippen molar-refractivity contribution in [3.8, 4) is 0 Å². The summed E-state index contributed by atoms with van der Waals surface area (Å²) in [5, 5.41) is 3.24. The molecule has 0 saturated carbocycles. The van der Waals surface area contributed by atoms with Crippen LogP contribution in [0.5, 0.6) is 0 Å². The normalized spacial score (nSPS) is 22.1. The maximum absolute atomic E-state index is 11.9. The minimum absolute atomic E-state index is 0.147. The fourth-order valence-corrected chi connectivity index (χ4v) is 4.83. The third-order valence-electron chi connectivity index (χ3n) is 2.73. The van der Waals surface area contributed by atoms with Crippen LogP contribution in [0.4, 0.5) is 0 Å². The van der Waals surface area contributed by atoms with Crippen LogP contribution in [0.25, 0.3) is 0 Å². The number of hydrogen-bond donors (Lipinski definition) is 1. The first-order chi connectivity index (χ1) is 7.66. The first kappa shape index (κ1) is 12.0. The van der Waals surface area contributed by atoms with Crippen LogP contribution in [0.2, 0.25) is 0 Å². The van der Waals surface area contributed by atoms with E-state index in [1.165, 1.54) is 11.3 Å². The first-order valence-electron chi connectivity index (χ1n) is 5.44. The molecule has 1 N–H and O–H groups in total. The van der Waals surface area contributed by atoms with E-state index >= 15 is 0 Å². The average Bonchev–Trinajstić information content (AvgIpc) is 2.70. The van der Waals surface area contributed by atoms with Crippen molar-refractivity contribution in [3.63, 3.8) is 0 Å². The number of sulfone groups is 1. The molecular weight excluding hydrogens is 244 g/mol. The molecule has 6 heteroatoms. The van der Waals surface area contributed by atoms with Crippen molar-refractivity contribution in [1.29, 1.82) is 0 Å². The second kappa shape index (κ2) is 5.25. The van der Waals surface area contributed by atoms with Gasteiger partial charge in [-0.1, -0.05) is 0 Å². The van der Waals surface area contributed by atoms with Crippen molar-refractivity contribution in [1.82, 2.24) is 10.3 Å². The monoisotopic (exact) mass is 260 g/mol. The van der Waals surface area contributed by atoms with Crippen LogP contribution in [0.15, 0.2) is 11.7 Å². The molecule has 1 aromatic heterocycles. The molecule has 1 aromatic rings. The standard InChI is InChI=1S/C10H16N2O2S2/c13-16(14,7-10-5-12-8-15-10)6-9-2-1-3-11-4-9/h5,8-9,11H,1-4,6-7H2/t9-/m1/s1. The van der Waals surface area contributed by atoms with Crippen LogP contribution in [0.3, 0.4) is 0 Å². The Morgan fingerprint density at radius 2 is 2.44 bits per heavy atom. The number of nitrogens with one attached hydrogen (secondary N) is 1. The first-order valence-corrected chi connectivity index (χ1v) is 8.14. The number of rotatable bonds is 4. The molecule has 0 bridgehead atoms. The highest BCUT2D eigenvalue weighted by Gasteiger charge is 2.21. The summed E-state index contributed by atoms with van der Waals surface area (Å²) in [4.78, 5) is 4.73. The Kier molecular flexibility index (Phi) is 3.94. The largest absolute Gasteiger partial charge is 0.316 e. The molecule has 4 nitrogen and oxygen atoms in total. The maximum Gasteiger partial charge on any atom is 0.155 e. The van der Waals surface area contributed by atoms with Gasteiger partial charge in [0.15, 0.2) is 9.84 Å². The van der Waals surface area contributed by atoms with Crippen molar-refractivity contribution >= 4 is 21.2 Å². The Labute approximate surface area is 100 Å². The van der Waals surface area contributed by atoms with Gasteiger partial charge in [-0.25, -0.2) is 8.42 Å². The van der Waals surface area contributed by atoms with Crippen molar-refractivity contribution < 1.29 is 8.42 Å². The Bertz CT molecular complexity index is 408. The number of nitrogens with zero attached hydrogens (tertiary/aromatic N) is 1. The second-order valence-corrected chi connectivity index (χ2v) is 7.31. The third kappa shape index (κ3) is 3.54. The summed E-state index contributed by atoms with van der Waals surface area (Å²) >= 11 is 1.41. The van der Waals surface area contributed by atoms with Gasteiger partial charge in [-0.3, -0.25) is 4.98 Å². The minimum Gasteiger partial charge on any atom is -0.316 e. The molecule has 0 aromatic carbocycles.